The number of hydrogen-bond donors (Lipinski definition) is 0. The van der Waals surface area contributed by atoms with E-state index in [2.05, 4.69) is 0 Å². The zero-order valence-electron chi connectivity index (χ0n) is 10.9. The third kappa shape index (κ3) is 2.83. The highest BCUT2D eigenvalue weighted by atomic mass is 32.2. The Kier molecular flexibility index (Phi) is 4.39. The van der Waals surface area contributed by atoms with E-state index < -0.39 is 31.6 Å². The number of nitrogens with zero attached hydrogens (tertiary/aromatic N) is 1. The second kappa shape index (κ2) is 5.88. The molecule has 0 aliphatic heterocycles. The van der Waals surface area contributed by atoms with Crippen molar-refractivity contribution in [2.45, 2.75) is 42.2 Å². The van der Waals surface area contributed by atoms with Crippen LogP contribution in [0.5, 0.6) is 0 Å². The maximum Gasteiger partial charge on any atom is 0.197 e. The molecule has 1 unspecified atom stereocenters. The minimum Gasteiger partial charge on any atom is -0.222 e. The lowest BCUT2D eigenvalue weighted by Crippen LogP contribution is -2.30. The number of halogens is 2. The van der Waals surface area contributed by atoms with Crippen LogP contribution < -0.4 is 0 Å². The average molecular weight is 299 g/mol. The van der Waals surface area contributed by atoms with Gasteiger partial charge in [-0.15, -0.1) is 0 Å². The van der Waals surface area contributed by atoms with Crippen LogP contribution in [0.2, 0.25) is 0 Å². The van der Waals surface area contributed by atoms with Gasteiger partial charge >= 0.3 is 0 Å². The van der Waals surface area contributed by atoms with Crippen molar-refractivity contribution in [1.29, 1.82) is 5.26 Å². The van der Waals surface area contributed by atoms with E-state index in [0.29, 0.717) is 18.9 Å². The van der Waals surface area contributed by atoms with Crippen molar-refractivity contribution in [3.8, 4) is 6.07 Å². The molecule has 20 heavy (non-hydrogen) atoms. The van der Waals surface area contributed by atoms with E-state index in [4.69, 9.17) is 0 Å². The van der Waals surface area contributed by atoms with E-state index in [1.54, 1.807) is 6.07 Å². The second-order valence-electron chi connectivity index (χ2n) is 5.07. The van der Waals surface area contributed by atoms with Crippen LogP contribution in [-0.2, 0) is 9.84 Å². The molecular weight excluding hydrogens is 284 g/mol. The molecule has 1 saturated carbocycles. The Hall–Kier alpha value is -1.48. The van der Waals surface area contributed by atoms with Crippen LogP contribution in [0.3, 0.4) is 0 Å². The van der Waals surface area contributed by atoms with Gasteiger partial charge in [0.25, 0.3) is 0 Å². The lowest BCUT2D eigenvalue weighted by molar-refractivity contribution is 0.362. The van der Waals surface area contributed by atoms with Crippen molar-refractivity contribution >= 4 is 9.84 Å². The Morgan fingerprint density at radius 3 is 2.40 bits per heavy atom. The Balaban J connectivity index is 2.39. The normalized spacial score (nSPS) is 18.4. The van der Waals surface area contributed by atoms with Gasteiger partial charge in [0.2, 0.25) is 0 Å². The first kappa shape index (κ1) is 14.9. The molecule has 0 bridgehead atoms. The third-order valence-electron chi connectivity index (χ3n) is 3.74. The summed E-state index contributed by atoms with van der Waals surface area (Å²) >= 11 is 0. The quantitative estimate of drug-likeness (QED) is 0.805. The Bertz CT molecular complexity index is 631. The first-order valence-electron chi connectivity index (χ1n) is 6.55. The van der Waals surface area contributed by atoms with Gasteiger partial charge in [0.15, 0.2) is 15.1 Å². The molecule has 0 radical (unpaired) electrons. The molecule has 108 valence electrons. The lowest BCUT2D eigenvalue weighted by Gasteiger charge is -2.25. The van der Waals surface area contributed by atoms with Gasteiger partial charge in [0.1, 0.15) is 16.5 Å². The van der Waals surface area contributed by atoms with Crippen molar-refractivity contribution < 1.29 is 17.2 Å². The van der Waals surface area contributed by atoms with Crippen LogP contribution in [0.15, 0.2) is 23.1 Å². The van der Waals surface area contributed by atoms with Crippen LogP contribution >= 0.6 is 0 Å². The maximum absolute atomic E-state index is 13.7. The molecule has 1 aliphatic rings. The number of sulfone groups is 1. The van der Waals surface area contributed by atoms with Crippen molar-refractivity contribution in [2.75, 3.05) is 0 Å². The minimum absolute atomic E-state index is 0.275. The highest BCUT2D eigenvalue weighted by Crippen LogP contribution is 2.33. The summed E-state index contributed by atoms with van der Waals surface area (Å²) in [4.78, 5) is -0.587. The van der Waals surface area contributed by atoms with Gasteiger partial charge in [-0.05, 0) is 30.9 Å². The number of nitriles is 1. The van der Waals surface area contributed by atoms with Gasteiger partial charge in [-0.1, -0.05) is 19.3 Å². The highest BCUT2D eigenvalue weighted by Gasteiger charge is 2.37. The molecule has 0 amide bonds. The summed E-state index contributed by atoms with van der Waals surface area (Å²) < 4.78 is 51.4. The first-order chi connectivity index (χ1) is 9.46. The standard InChI is InChI=1S/C14H15F2NO2S/c15-11-6-7-13(12(16)8-11)20(18,19)14(9-17)10-4-2-1-3-5-10/h6-8,10,14H,1-5H2. The number of hydrogen-bond acceptors (Lipinski definition) is 3. The molecule has 1 aromatic carbocycles. The topological polar surface area (TPSA) is 57.9 Å². The van der Waals surface area contributed by atoms with E-state index in [-0.39, 0.29) is 5.92 Å². The summed E-state index contributed by atoms with van der Waals surface area (Å²) in [5.41, 5.74) is 0. The SMILES string of the molecule is N#CC(C1CCCCC1)S(=O)(=O)c1ccc(F)cc1F. The zero-order valence-corrected chi connectivity index (χ0v) is 11.7. The lowest BCUT2D eigenvalue weighted by atomic mass is 9.87. The fourth-order valence-corrected chi connectivity index (χ4v) is 4.49. The van der Waals surface area contributed by atoms with Crippen molar-refractivity contribution in [3.63, 3.8) is 0 Å². The zero-order chi connectivity index (χ0) is 14.8. The van der Waals surface area contributed by atoms with E-state index in [1.165, 1.54) is 0 Å². The highest BCUT2D eigenvalue weighted by molar-refractivity contribution is 7.92. The summed E-state index contributed by atoms with van der Waals surface area (Å²) in [7, 11) is -4.10. The summed E-state index contributed by atoms with van der Waals surface area (Å²) in [5, 5.41) is 7.93. The molecule has 0 aromatic heterocycles. The Morgan fingerprint density at radius 2 is 1.85 bits per heavy atom. The first-order valence-corrected chi connectivity index (χ1v) is 8.10. The van der Waals surface area contributed by atoms with E-state index in [9.17, 15) is 22.5 Å². The molecule has 3 nitrogen and oxygen atoms in total. The van der Waals surface area contributed by atoms with Crippen LogP contribution in [0.25, 0.3) is 0 Å². The molecule has 0 spiro atoms. The smallest absolute Gasteiger partial charge is 0.197 e. The van der Waals surface area contributed by atoms with Gasteiger partial charge in [0.05, 0.1) is 6.07 Å². The molecule has 2 rings (SSSR count). The molecule has 0 heterocycles. The number of benzene rings is 1. The average Bonchev–Trinajstić information content (AvgIpc) is 2.40. The molecule has 6 heteroatoms. The molecule has 1 fully saturated rings. The van der Waals surface area contributed by atoms with Crippen molar-refractivity contribution in [2.24, 2.45) is 5.92 Å². The minimum atomic E-state index is -4.10. The van der Waals surface area contributed by atoms with Gasteiger partial charge in [-0.3, -0.25) is 0 Å². The fraction of sp³-hybridized carbons (Fsp3) is 0.500. The molecule has 0 N–H and O–H groups in total. The predicted octanol–water partition coefficient (Wildman–Crippen LogP) is 3.21. The number of rotatable bonds is 3. The van der Waals surface area contributed by atoms with Crippen molar-refractivity contribution in [3.05, 3.63) is 29.8 Å². The van der Waals surface area contributed by atoms with E-state index in [1.807, 2.05) is 0 Å². The van der Waals surface area contributed by atoms with Crippen LogP contribution in [0.1, 0.15) is 32.1 Å². The molecular formula is C14H15F2NO2S. The molecule has 1 aromatic rings. The maximum atomic E-state index is 13.7. The molecule has 1 atom stereocenters. The predicted molar refractivity (Wildman–Crippen MR) is 69.5 cm³/mol. The second-order valence-corrected chi connectivity index (χ2v) is 7.11. The van der Waals surface area contributed by atoms with Gasteiger partial charge in [0, 0.05) is 6.07 Å². The largest absolute Gasteiger partial charge is 0.222 e. The molecule has 0 saturated heterocycles. The van der Waals surface area contributed by atoms with Crippen molar-refractivity contribution in [1.82, 2.24) is 0 Å². The Morgan fingerprint density at radius 1 is 1.20 bits per heavy atom. The Labute approximate surface area is 117 Å². The van der Waals surface area contributed by atoms with Gasteiger partial charge in [-0.25, -0.2) is 17.2 Å². The summed E-state index contributed by atoms with van der Waals surface area (Å²) in [6.45, 7) is 0. The summed E-state index contributed by atoms with van der Waals surface area (Å²) in [6.07, 6.45) is 4.09. The van der Waals surface area contributed by atoms with E-state index in [0.717, 1.165) is 31.4 Å². The van der Waals surface area contributed by atoms with E-state index >= 15 is 0 Å². The van der Waals surface area contributed by atoms with Gasteiger partial charge in [-0.2, -0.15) is 5.26 Å². The van der Waals surface area contributed by atoms with Crippen LogP contribution in [0.4, 0.5) is 8.78 Å². The summed E-state index contributed by atoms with van der Waals surface area (Å²) in [6, 6.07) is 4.12. The summed E-state index contributed by atoms with van der Waals surface area (Å²) in [5.74, 6) is -2.25. The fourth-order valence-electron chi connectivity index (χ4n) is 2.71. The third-order valence-corrected chi connectivity index (χ3v) is 5.84. The molecule has 1 aliphatic carbocycles. The monoisotopic (exact) mass is 299 g/mol. The van der Waals surface area contributed by atoms with Crippen LogP contribution in [-0.4, -0.2) is 13.7 Å². The van der Waals surface area contributed by atoms with Gasteiger partial charge < -0.3 is 0 Å². The van der Waals surface area contributed by atoms with Crippen LogP contribution in [0, 0.1) is 28.9 Å².